The minimum atomic E-state index is -1.59. The van der Waals surface area contributed by atoms with Crippen LogP contribution >= 0.6 is 0 Å². The smallest absolute Gasteiger partial charge is 0.543 e. The molecule has 230 valence electrons. The van der Waals surface area contributed by atoms with Crippen LogP contribution < -0.4 is 67.6 Å². The van der Waals surface area contributed by atoms with E-state index in [1.54, 1.807) is 18.3 Å². The van der Waals surface area contributed by atoms with Crippen molar-refractivity contribution in [1.82, 2.24) is 35.2 Å². The van der Waals surface area contributed by atoms with Gasteiger partial charge in [0.1, 0.15) is 6.04 Å². The van der Waals surface area contributed by atoms with Gasteiger partial charge in [-0.3, -0.25) is 19.4 Å². The van der Waals surface area contributed by atoms with Crippen LogP contribution in [0.15, 0.2) is 46.1 Å². The molecule has 0 unspecified atom stereocenters. The number of hydrogen-bond acceptors (Lipinski definition) is 14. The summed E-state index contributed by atoms with van der Waals surface area (Å²) in [5.41, 5.74) is 11.5. The fraction of sp³-hybridized carbons (Fsp3) is 0.200. The molecule has 1 atom stereocenters. The summed E-state index contributed by atoms with van der Waals surface area (Å²) in [5, 5.41) is 30.3. The van der Waals surface area contributed by atoms with Crippen LogP contribution in [0.2, 0.25) is 0 Å². The Labute approximate surface area is 274 Å². The number of carbonyl (C=O) groups excluding carboxylic acids is 2. The molecule has 3 aromatic heterocycles. The van der Waals surface area contributed by atoms with Crippen molar-refractivity contribution in [3.05, 3.63) is 74.3 Å². The number of aromatic amines is 2. The molecule has 0 saturated heterocycles. The molecule has 4 rings (SSSR count). The maximum Gasteiger partial charge on any atom is 1.00 e. The molecular weight excluding hydrogens is 607 g/mol. The number of anilines is 3. The maximum atomic E-state index is 12.4. The maximum absolute atomic E-state index is 12.4. The van der Waals surface area contributed by atoms with Crippen molar-refractivity contribution >= 4 is 52.4 Å². The number of amides is 1. The number of rotatable bonds is 10. The van der Waals surface area contributed by atoms with Gasteiger partial charge in [0.05, 0.1) is 30.1 Å². The van der Waals surface area contributed by atoms with Crippen molar-refractivity contribution in [3.8, 4) is 0 Å². The van der Waals surface area contributed by atoms with Gasteiger partial charge < -0.3 is 46.8 Å². The topological polar surface area (TPSA) is 316 Å². The second kappa shape index (κ2) is 15.9. The second-order valence-electron chi connectivity index (χ2n) is 8.99. The molecule has 0 saturated carbocycles. The van der Waals surface area contributed by atoms with E-state index >= 15 is 0 Å². The van der Waals surface area contributed by atoms with E-state index in [2.05, 4.69) is 25.3 Å². The number of benzene rings is 1. The second-order valence-corrected chi connectivity index (χ2v) is 8.99. The van der Waals surface area contributed by atoms with Gasteiger partial charge in [0, 0.05) is 30.8 Å². The molecular formula is C25H25N10NaO9. The summed E-state index contributed by atoms with van der Waals surface area (Å²) in [4.78, 5) is 87.3. The zero-order chi connectivity index (χ0) is 32.6. The average molecular weight is 633 g/mol. The zero-order valence-corrected chi connectivity index (χ0v) is 25.8. The van der Waals surface area contributed by atoms with E-state index in [4.69, 9.17) is 16.6 Å². The summed E-state index contributed by atoms with van der Waals surface area (Å²) in [5.74, 6) is -4.50. The van der Waals surface area contributed by atoms with Gasteiger partial charge in [0.2, 0.25) is 5.95 Å². The Morgan fingerprint density at radius 2 is 1.71 bits per heavy atom. The van der Waals surface area contributed by atoms with Crippen LogP contribution in [0.4, 0.5) is 17.5 Å². The quantitative estimate of drug-likeness (QED) is 0.0803. The van der Waals surface area contributed by atoms with Crippen molar-refractivity contribution in [2.24, 2.45) is 0 Å². The molecule has 0 aliphatic heterocycles. The minimum absolute atomic E-state index is 0. The summed E-state index contributed by atoms with van der Waals surface area (Å²) in [6, 6.07) is 5.89. The van der Waals surface area contributed by atoms with E-state index < -0.39 is 46.8 Å². The van der Waals surface area contributed by atoms with E-state index in [0.29, 0.717) is 23.4 Å². The van der Waals surface area contributed by atoms with Crippen LogP contribution in [-0.2, 0) is 16.1 Å². The Balaban J connectivity index is 0.000000497. The third-order valence-corrected chi connectivity index (χ3v) is 5.70. The van der Waals surface area contributed by atoms with Crippen LogP contribution in [-0.4, -0.2) is 77.0 Å². The molecule has 19 nitrogen and oxygen atoms in total. The van der Waals surface area contributed by atoms with E-state index in [9.17, 15) is 39.0 Å². The third-order valence-electron chi connectivity index (χ3n) is 5.70. The van der Waals surface area contributed by atoms with E-state index in [-0.39, 0.29) is 59.7 Å². The largest absolute Gasteiger partial charge is 1.00 e. The molecule has 1 aromatic carbocycles. The van der Waals surface area contributed by atoms with E-state index in [0.717, 1.165) is 11.8 Å². The normalized spacial score (nSPS) is 10.9. The number of hydrogen-bond donors (Lipinski definition) is 7. The fourth-order valence-corrected chi connectivity index (χ4v) is 3.61. The molecule has 1 amide bonds. The van der Waals surface area contributed by atoms with Crippen LogP contribution in [0.1, 0.15) is 39.4 Å². The SMILES string of the molecule is CN(Cc1cnc2nc(N)nc(N)c2n1)c1ccc(C(=O)N[C@@H](CCC(=O)O)C(=O)O)cc1.O=C([O-])c1cc(=O)[nH]c(=O)[nH]1.[Na+]. The van der Waals surface area contributed by atoms with Gasteiger partial charge in [-0.05, 0) is 30.7 Å². The average Bonchev–Trinajstić information content (AvgIpc) is 2.95. The van der Waals surface area contributed by atoms with Crippen LogP contribution in [0.3, 0.4) is 0 Å². The number of nitrogens with zero attached hydrogens (tertiary/aromatic N) is 5. The first kappa shape index (κ1) is 35.8. The number of nitrogens with two attached hydrogens (primary N) is 2. The first-order chi connectivity index (χ1) is 20.7. The van der Waals surface area contributed by atoms with Crippen molar-refractivity contribution in [1.29, 1.82) is 0 Å². The summed E-state index contributed by atoms with van der Waals surface area (Å²) in [6.07, 6.45) is 0.964. The molecule has 0 aliphatic carbocycles. The van der Waals surface area contributed by atoms with E-state index in [1.165, 1.54) is 12.1 Å². The molecule has 0 fully saturated rings. The first-order valence-corrected chi connectivity index (χ1v) is 12.4. The molecule has 45 heavy (non-hydrogen) atoms. The number of H-pyrrole nitrogens is 2. The number of aliphatic carboxylic acids is 2. The molecule has 0 radical (unpaired) electrons. The number of carboxylic acid groups (broad SMARTS) is 3. The molecule has 20 heteroatoms. The summed E-state index contributed by atoms with van der Waals surface area (Å²) >= 11 is 0. The van der Waals surface area contributed by atoms with E-state index in [1.807, 2.05) is 21.9 Å². The van der Waals surface area contributed by atoms with Crippen LogP contribution in [0.25, 0.3) is 11.2 Å². The predicted molar refractivity (Wildman–Crippen MR) is 150 cm³/mol. The Bertz CT molecular complexity index is 1800. The predicted octanol–water partition coefficient (Wildman–Crippen LogP) is -5.30. The van der Waals surface area contributed by atoms with Crippen molar-refractivity contribution < 1.29 is 64.1 Å². The fourth-order valence-electron chi connectivity index (χ4n) is 3.61. The summed E-state index contributed by atoms with van der Waals surface area (Å²) < 4.78 is 0. The molecule has 9 N–H and O–H groups in total. The van der Waals surface area contributed by atoms with Gasteiger partial charge in [-0.1, -0.05) is 0 Å². The van der Waals surface area contributed by atoms with Crippen LogP contribution in [0, 0.1) is 0 Å². The van der Waals surface area contributed by atoms with Gasteiger partial charge in [0.15, 0.2) is 17.0 Å². The van der Waals surface area contributed by atoms with Crippen molar-refractivity contribution in [2.45, 2.75) is 25.4 Å². The number of nitrogens with one attached hydrogen (secondary N) is 3. The molecule has 4 aromatic rings. The number of carboxylic acids is 3. The number of aromatic nitrogens is 6. The number of nitrogen functional groups attached to an aromatic ring is 2. The van der Waals surface area contributed by atoms with Gasteiger partial charge >= 0.3 is 47.2 Å². The number of carbonyl (C=O) groups is 4. The van der Waals surface area contributed by atoms with Crippen LogP contribution in [0.5, 0.6) is 0 Å². The third kappa shape index (κ3) is 10.4. The Hall–Kier alpha value is -5.40. The van der Waals surface area contributed by atoms with Gasteiger partial charge in [-0.2, -0.15) is 9.97 Å². The first-order valence-electron chi connectivity index (χ1n) is 12.4. The van der Waals surface area contributed by atoms with Gasteiger partial charge in [-0.15, -0.1) is 0 Å². The Morgan fingerprint density at radius 3 is 2.29 bits per heavy atom. The summed E-state index contributed by atoms with van der Waals surface area (Å²) in [7, 11) is 1.82. The van der Waals surface area contributed by atoms with Gasteiger partial charge in [0.25, 0.3) is 11.5 Å². The molecule has 3 heterocycles. The standard InChI is InChI=1S/C20H22N8O5.C5H4N2O4.Na/c1-28(9-11-8-23-17-15(24-11)16(21)26-20(22)27-17)12-4-2-10(3-5-12)18(31)25-13(19(32)33)6-7-14(29)30;8-3-1-2(4(9)10)6-5(11)7-3;/h2-5,8,13H,6-7,9H2,1H3,(H,25,31)(H,29,30)(H,32,33)(H4,21,22,23,26,27);1H,(H,9,10)(H2,6,7,8,11);/q;;+1/p-1/t13-;;/m0../s1. The monoisotopic (exact) mass is 632 g/mol. The zero-order valence-electron chi connectivity index (χ0n) is 23.8. The minimum Gasteiger partial charge on any atom is -0.543 e. The summed E-state index contributed by atoms with van der Waals surface area (Å²) in [6.45, 7) is 0.370. The van der Waals surface area contributed by atoms with Crippen molar-refractivity contribution in [3.63, 3.8) is 0 Å². The number of aromatic carboxylic acids is 1. The molecule has 0 aliphatic rings. The Kier molecular flexibility index (Phi) is 12.6. The number of fused-ring (bicyclic) bond motifs is 1. The molecule has 0 bridgehead atoms. The Morgan fingerprint density at radius 1 is 1.04 bits per heavy atom. The van der Waals surface area contributed by atoms with Gasteiger partial charge in [-0.25, -0.2) is 19.6 Å². The van der Waals surface area contributed by atoms with Crippen molar-refractivity contribution in [2.75, 3.05) is 23.4 Å². The molecule has 0 spiro atoms.